The Bertz CT molecular complexity index is 667. The molecule has 0 radical (unpaired) electrons. The number of hydrogen-bond acceptors (Lipinski definition) is 5. The molecule has 7 heteroatoms. The summed E-state index contributed by atoms with van der Waals surface area (Å²) in [6.07, 6.45) is 2.21. The average molecular weight is 376 g/mol. The van der Waals surface area contributed by atoms with Gasteiger partial charge in [0, 0.05) is 0 Å². The van der Waals surface area contributed by atoms with E-state index in [2.05, 4.69) is 12.2 Å². The van der Waals surface area contributed by atoms with Crippen molar-refractivity contribution < 1.29 is 24.2 Å². The number of amides is 3. The molecule has 2 N–H and O–H groups in total. The molecule has 1 aromatic carbocycles. The normalized spacial score (nSPS) is 26.2. The minimum atomic E-state index is -0.955. The van der Waals surface area contributed by atoms with Crippen molar-refractivity contribution in [3.05, 3.63) is 24.3 Å². The Labute approximate surface area is 159 Å². The number of β-amino-alcohol motifs (C(OH)–C–C–N with tert-alkyl or cyclic N) is 1. The van der Waals surface area contributed by atoms with Crippen molar-refractivity contribution in [2.75, 3.05) is 19.8 Å². The molecule has 3 rings (SSSR count). The average Bonchev–Trinajstić information content (AvgIpc) is 2.88. The molecule has 1 saturated carbocycles. The third-order valence-corrected chi connectivity index (χ3v) is 5.34. The van der Waals surface area contributed by atoms with E-state index in [4.69, 9.17) is 9.47 Å². The number of carbonyl (C=O) groups is 2. The van der Waals surface area contributed by atoms with Gasteiger partial charge >= 0.3 is 6.03 Å². The highest BCUT2D eigenvalue weighted by atomic mass is 16.5. The summed E-state index contributed by atoms with van der Waals surface area (Å²) in [5.74, 6) is 1.69. The lowest BCUT2D eigenvalue weighted by atomic mass is 9.77. The molecule has 1 heterocycles. The van der Waals surface area contributed by atoms with Crippen molar-refractivity contribution in [2.24, 2.45) is 5.92 Å². The van der Waals surface area contributed by atoms with Crippen molar-refractivity contribution in [3.63, 3.8) is 0 Å². The van der Waals surface area contributed by atoms with Gasteiger partial charge in [-0.3, -0.25) is 9.69 Å². The van der Waals surface area contributed by atoms with Crippen molar-refractivity contribution in [2.45, 2.75) is 51.2 Å². The molecule has 0 unspecified atom stereocenters. The highest BCUT2D eigenvalue weighted by Gasteiger charge is 2.52. The van der Waals surface area contributed by atoms with Gasteiger partial charge in [-0.1, -0.05) is 6.92 Å². The molecule has 1 aromatic rings. The van der Waals surface area contributed by atoms with Gasteiger partial charge in [0.2, 0.25) is 0 Å². The molecule has 2 fully saturated rings. The van der Waals surface area contributed by atoms with Gasteiger partial charge in [0.25, 0.3) is 5.91 Å². The quantitative estimate of drug-likeness (QED) is 0.713. The van der Waals surface area contributed by atoms with Crippen LogP contribution in [0.15, 0.2) is 24.3 Å². The molecule has 0 bridgehead atoms. The highest BCUT2D eigenvalue weighted by Crippen LogP contribution is 2.36. The molecule has 1 aliphatic carbocycles. The van der Waals surface area contributed by atoms with Crippen LogP contribution in [0.5, 0.6) is 11.5 Å². The smallest absolute Gasteiger partial charge is 0.325 e. The largest absolute Gasteiger partial charge is 0.494 e. The molecule has 2 aliphatic rings. The van der Waals surface area contributed by atoms with E-state index in [1.54, 1.807) is 24.3 Å². The molecule has 0 aromatic heterocycles. The number of ether oxygens (including phenoxy) is 2. The lowest BCUT2D eigenvalue weighted by Gasteiger charge is -2.33. The van der Waals surface area contributed by atoms with Crippen LogP contribution < -0.4 is 14.8 Å². The van der Waals surface area contributed by atoms with E-state index in [9.17, 15) is 14.7 Å². The summed E-state index contributed by atoms with van der Waals surface area (Å²) < 4.78 is 10.9. The van der Waals surface area contributed by atoms with Gasteiger partial charge in [0.05, 0.1) is 13.2 Å². The summed E-state index contributed by atoms with van der Waals surface area (Å²) in [6, 6.07) is 6.66. The van der Waals surface area contributed by atoms with E-state index in [0.29, 0.717) is 31.1 Å². The number of nitrogens with zero attached hydrogens (tertiary/aromatic N) is 1. The minimum Gasteiger partial charge on any atom is -0.494 e. The number of carbonyl (C=O) groups excluding carboxylic acids is 2. The van der Waals surface area contributed by atoms with Crippen molar-refractivity contribution in [3.8, 4) is 11.5 Å². The summed E-state index contributed by atoms with van der Waals surface area (Å²) >= 11 is 0. The van der Waals surface area contributed by atoms with Crippen LogP contribution in [0.25, 0.3) is 0 Å². The predicted octanol–water partition coefficient (Wildman–Crippen LogP) is 2.33. The SMILES string of the molecule is CCOc1ccc(OC[C@H](O)CN2C(=O)NC3(CCC(C)CC3)C2=O)cc1. The first-order valence-electron chi connectivity index (χ1n) is 9.61. The molecular formula is C20H28N2O5. The van der Waals surface area contributed by atoms with Crippen LogP contribution >= 0.6 is 0 Å². The summed E-state index contributed by atoms with van der Waals surface area (Å²) in [7, 11) is 0. The zero-order valence-corrected chi connectivity index (χ0v) is 15.9. The van der Waals surface area contributed by atoms with Crippen molar-refractivity contribution in [1.29, 1.82) is 0 Å². The summed E-state index contributed by atoms with van der Waals surface area (Å²) in [5, 5.41) is 13.1. The third kappa shape index (κ3) is 4.35. The van der Waals surface area contributed by atoms with E-state index in [1.165, 1.54) is 0 Å². The van der Waals surface area contributed by atoms with Gasteiger partial charge in [0.15, 0.2) is 0 Å². The molecule has 1 atom stereocenters. The maximum absolute atomic E-state index is 12.8. The Balaban J connectivity index is 1.52. The molecule has 1 spiro atoms. The maximum Gasteiger partial charge on any atom is 0.325 e. The second-order valence-electron chi connectivity index (χ2n) is 7.48. The fourth-order valence-electron chi connectivity index (χ4n) is 3.69. The van der Waals surface area contributed by atoms with E-state index < -0.39 is 17.7 Å². The van der Waals surface area contributed by atoms with Crippen LogP contribution in [-0.2, 0) is 4.79 Å². The Morgan fingerprint density at radius 3 is 2.37 bits per heavy atom. The zero-order valence-electron chi connectivity index (χ0n) is 15.9. The van der Waals surface area contributed by atoms with Crippen LogP contribution in [0.1, 0.15) is 39.5 Å². The maximum atomic E-state index is 12.8. The number of urea groups is 1. The number of benzene rings is 1. The molecule has 1 saturated heterocycles. The van der Waals surface area contributed by atoms with Gasteiger partial charge in [-0.05, 0) is 62.8 Å². The summed E-state index contributed by atoms with van der Waals surface area (Å²) in [4.78, 5) is 26.2. The molecule has 3 amide bonds. The fraction of sp³-hybridized carbons (Fsp3) is 0.600. The van der Waals surface area contributed by atoms with Gasteiger partial charge in [-0.25, -0.2) is 4.79 Å². The zero-order chi connectivity index (χ0) is 19.4. The number of aliphatic hydroxyl groups excluding tert-OH is 1. The van der Waals surface area contributed by atoms with Gasteiger partial charge < -0.3 is 19.9 Å². The van der Waals surface area contributed by atoms with Gasteiger partial charge in [-0.2, -0.15) is 0 Å². The summed E-state index contributed by atoms with van der Waals surface area (Å²) in [6.45, 7) is 4.59. The molecular weight excluding hydrogens is 348 g/mol. The van der Waals surface area contributed by atoms with E-state index in [0.717, 1.165) is 23.5 Å². The monoisotopic (exact) mass is 376 g/mol. The number of hydrogen-bond donors (Lipinski definition) is 2. The Kier molecular flexibility index (Phi) is 5.89. The lowest BCUT2D eigenvalue weighted by molar-refractivity contribution is -0.133. The first-order valence-corrected chi connectivity index (χ1v) is 9.61. The lowest BCUT2D eigenvalue weighted by Crippen LogP contribution is -2.49. The Morgan fingerprint density at radius 1 is 1.19 bits per heavy atom. The second-order valence-corrected chi connectivity index (χ2v) is 7.48. The Morgan fingerprint density at radius 2 is 1.78 bits per heavy atom. The third-order valence-electron chi connectivity index (χ3n) is 5.34. The number of rotatable bonds is 7. The van der Waals surface area contributed by atoms with Crippen LogP contribution in [0, 0.1) is 5.92 Å². The van der Waals surface area contributed by atoms with Crippen molar-refractivity contribution in [1.82, 2.24) is 10.2 Å². The van der Waals surface area contributed by atoms with Gasteiger partial charge in [-0.15, -0.1) is 0 Å². The standard InChI is InChI=1S/C20H28N2O5/c1-3-26-16-4-6-17(7-5-16)27-13-15(23)12-22-18(24)20(21-19(22)25)10-8-14(2)9-11-20/h4-7,14-15,23H,3,8-13H2,1-2H3,(H,21,25)/t14?,15-,20?/m1/s1. The van der Waals surface area contributed by atoms with E-state index in [-0.39, 0.29) is 19.1 Å². The molecule has 7 nitrogen and oxygen atoms in total. The van der Waals surface area contributed by atoms with E-state index in [1.807, 2.05) is 6.92 Å². The van der Waals surface area contributed by atoms with Crippen LogP contribution in [0.4, 0.5) is 4.79 Å². The van der Waals surface area contributed by atoms with Crippen molar-refractivity contribution >= 4 is 11.9 Å². The van der Waals surface area contributed by atoms with E-state index >= 15 is 0 Å². The van der Waals surface area contributed by atoms with Gasteiger partial charge in [0.1, 0.15) is 29.7 Å². The highest BCUT2D eigenvalue weighted by molar-refractivity contribution is 6.07. The number of imide groups is 1. The topological polar surface area (TPSA) is 88.1 Å². The van der Waals surface area contributed by atoms with Crippen LogP contribution in [0.3, 0.4) is 0 Å². The fourth-order valence-corrected chi connectivity index (χ4v) is 3.69. The minimum absolute atomic E-state index is 0.00489. The summed E-state index contributed by atoms with van der Waals surface area (Å²) in [5.41, 5.74) is -0.778. The number of nitrogens with one attached hydrogen (secondary N) is 1. The molecule has 148 valence electrons. The first kappa shape index (κ1) is 19.5. The number of aliphatic hydroxyl groups is 1. The van der Waals surface area contributed by atoms with Crippen LogP contribution in [0.2, 0.25) is 0 Å². The van der Waals surface area contributed by atoms with Crippen LogP contribution in [-0.4, -0.2) is 53.3 Å². The first-order chi connectivity index (χ1) is 12.9. The second kappa shape index (κ2) is 8.17. The molecule has 1 aliphatic heterocycles. The molecule has 27 heavy (non-hydrogen) atoms. The Hall–Kier alpha value is -2.28. The predicted molar refractivity (Wildman–Crippen MR) is 99.7 cm³/mol.